The summed E-state index contributed by atoms with van der Waals surface area (Å²) in [6.45, 7) is 6.21. The summed E-state index contributed by atoms with van der Waals surface area (Å²) in [5.41, 5.74) is 2.61. The lowest BCUT2D eigenvalue weighted by atomic mass is 9.86. The molecule has 2 aromatic rings. The first-order valence-electron chi connectivity index (χ1n) is 8.58. The molecule has 2 rings (SSSR count). The van der Waals surface area contributed by atoms with Gasteiger partial charge in [-0.15, -0.1) is 0 Å². The number of carbonyl (C=O) groups is 2. The molecule has 0 aliphatic heterocycles. The summed E-state index contributed by atoms with van der Waals surface area (Å²) < 4.78 is 5.09. The number of ether oxygens (including phenoxy) is 1. The summed E-state index contributed by atoms with van der Waals surface area (Å²) in [7, 11) is 1.60. The molecule has 2 N–H and O–H groups in total. The maximum Gasteiger partial charge on any atom is 0.243 e. The van der Waals surface area contributed by atoms with Crippen molar-refractivity contribution >= 4 is 17.5 Å². The third kappa shape index (κ3) is 5.62. The lowest BCUT2D eigenvalue weighted by molar-refractivity contribution is -0.123. The highest BCUT2D eigenvalue weighted by Crippen LogP contribution is 2.29. The minimum absolute atomic E-state index is 0.0620. The molecule has 0 spiro atoms. The predicted molar refractivity (Wildman–Crippen MR) is 103 cm³/mol. The zero-order chi connectivity index (χ0) is 19.2. The summed E-state index contributed by atoms with van der Waals surface area (Å²) in [5.74, 6) is 0.297. The van der Waals surface area contributed by atoms with E-state index in [-0.39, 0.29) is 30.2 Å². The fourth-order valence-electron chi connectivity index (χ4n) is 2.61. The number of rotatable bonds is 6. The number of nitrogens with one attached hydrogen (secondary N) is 2. The van der Waals surface area contributed by atoms with Gasteiger partial charge in [0.15, 0.2) is 0 Å². The molecule has 0 aliphatic carbocycles. The molecule has 0 bridgehead atoms. The molecule has 0 radical (unpaired) electrons. The molecule has 2 aromatic carbocycles. The molecule has 138 valence electrons. The Morgan fingerprint density at radius 2 is 1.62 bits per heavy atom. The van der Waals surface area contributed by atoms with Gasteiger partial charge in [0.2, 0.25) is 11.8 Å². The summed E-state index contributed by atoms with van der Waals surface area (Å²) in [5, 5.41) is 5.54. The Balaban J connectivity index is 1.88. The van der Waals surface area contributed by atoms with Crippen LogP contribution in [0.1, 0.15) is 31.9 Å². The van der Waals surface area contributed by atoms with Crippen LogP contribution in [0.2, 0.25) is 0 Å². The highest BCUT2D eigenvalue weighted by atomic mass is 16.5. The van der Waals surface area contributed by atoms with Crippen LogP contribution in [0, 0.1) is 0 Å². The minimum atomic E-state index is -0.246. The quantitative estimate of drug-likeness (QED) is 0.836. The van der Waals surface area contributed by atoms with Crippen LogP contribution in [0.15, 0.2) is 48.5 Å². The number of methoxy groups -OCH3 is 1. The van der Waals surface area contributed by atoms with Crippen molar-refractivity contribution in [2.24, 2.45) is 0 Å². The van der Waals surface area contributed by atoms with Crippen LogP contribution in [0.4, 0.5) is 5.69 Å². The van der Waals surface area contributed by atoms with Crippen LogP contribution < -0.4 is 15.4 Å². The van der Waals surface area contributed by atoms with Crippen molar-refractivity contribution in [2.75, 3.05) is 19.0 Å². The van der Waals surface area contributed by atoms with Gasteiger partial charge in [-0.25, -0.2) is 0 Å². The van der Waals surface area contributed by atoms with Crippen LogP contribution >= 0.6 is 0 Å². The van der Waals surface area contributed by atoms with E-state index in [0.717, 1.165) is 22.6 Å². The fourth-order valence-corrected chi connectivity index (χ4v) is 2.61. The van der Waals surface area contributed by atoms with Gasteiger partial charge in [0, 0.05) is 5.69 Å². The summed E-state index contributed by atoms with van der Waals surface area (Å²) in [6, 6.07) is 15.0. The van der Waals surface area contributed by atoms with E-state index in [4.69, 9.17) is 4.74 Å². The van der Waals surface area contributed by atoms with Gasteiger partial charge in [0.25, 0.3) is 0 Å². The van der Waals surface area contributed by atoms with Crippen molar-refractivity contribution in [1.29, 1.82) is 0 Å². The van der Waals surface area contributed by atoms with Gasteiger partial charge in [-0.05, 0) is 34.7 Å². The Morgan fingerprint density at radius 3 is 2.23 bits per heavy atom. The summed E-state index contributed by atoms with van der Waals surface area (Å²) in [4.78, 5) is 24.2. The van der Waals surface area contributed by atoms with Crippen molar-refractivity contribution in [1.82, 2.24) is 5.32 Å². The molecule has 0 saturated heterocycles. The van der Waals surface area contributed by atoms with Gasteiger partial charge < -0.3 is 15.4 Å². The van der Waals surface area contributed by atoms with E-state index in [1.807, 2.05) is 36.4 Å². The first kappa shape index (κ1) is 19.5. The molecule has 0 heterocycles. The van der Waals surface area contributed by atoms with Crippen LogP contribution in [0.25, 0.3) is 0 Å². The van der Waals surface area contributed by atoms with E-state index >= 15 is 0 Å². The van der Waals surface area contributed by atoms with Gasteiger partial charge in [0.1, 0.15) is 5.75 Å². The first-order valence-corrected chi connectivity index (χ1v) is 8.58. The first-order chi connectivity index (χ1) is 12.3. The summed E-state index contributed by atoms with van der Waals surface area (Å²) >= 11 is 0. The molecule has 0 saturated carbocycles. The second kappa shape index (κ2) is 8.52. The van der Waals surface area contributed by atoms with E-state index in [1.54, 1.807) is 19.2 Å². The molecule has 5 nitrogen and oxygen atoms in total. The Kier molecular flexibility index (Phi) is 6.39. The van der Waals surface area contributed by atoms with E-state index in [0.29, 0.717) is 0 Å². The van der Waals surface area contributed by atoms with Crippen LogP contribution in [-0.2, 0) is 21.4 Å². The Morgan fingerprint density at radius 1 is 0.962 bits per heavy atom. The molecule has 5 heteroatoms. The molecule has 0 aliphatic rings. The molecule has 0 aromatic heterocycles. The Labute approximate surface area is 154 Å². The second-order valence-corrected chi connectivity index (χ2v) is 7.15. The van der Waals surface area contributed by atoms with Gasteiger partial charge in [-0.2, -0.15) is 0 Å². The van der Waals surface area contributed by atoms with Gasteiger partial charge in [-0.1, -0.05) is 51.1 Å². The van der Waals surface area contributed by atoms with Crippen LogP contribution in [0.3, 0.4) is 0 Å². The largest absolute Gasteiger partial charge is 0.497 e. The maximum atomic E-state index is 12.2. The van der Waals surface area contributed by atoms with Crippen molar-refractivity contribution in [2.45, 2.75) is 32.6 Å². The molecule has 0 fully saturated rings. The molecular formula is C21H26N2O3. The Hall–Kier alpha value is -2.82. The lowest BCUT2D eigenvalue weighted by Gasteiger charge is -2.23. The van der Waals surface area contributed by atoms with Gasteiger partial charge >= 0.3 is 0 Å². The van der Waals surface area contributed by atoms with Crippen molar-refractivity contribution in [3.8, 4) is 5.75 Å². The third-order valence-corrected chi connectivity index (χ3v) is 3.98. The van der Waals surface area contributed by atoms with Gasteiger partial charge in [0.05, 0.1) is 20.1 Å². The molecular weight excluding hydrogens is 328 g/mol. The van der Waals surface area contributed by atoms with Crippen molar-refractivity contribution < 1.29 is 14.3 Å². The number of benzene rings is 2. The number of hydrogen-bond donors (Lipinski definition) is 2. The Bertz CT molecular complexity index is 762. The second-order valence-electron chi connectivity index (χ2n) is 7.15. The average Bonchev–Trinajstić information content (AvgIpc) is 2.60. The molecule has 26 heavy (non-hydrogen) atoms. The van der Waals surface area contributed by atoms with Gasteiger partial charge in [-0.3, -0.25) is 9.59 Å². The monoisotopic (exact) mass is 354 g/mol. The fraction of sp³-hybridized carbons (Fsp3) is 0.333. The summed E-state index contributed by atoms with van der Waals surface area (Å²) in [6.07, 6.45) is 0.218. The average molecular weight is 354 g/mol. The molecule has 0 unspecified atom stereocenters. The number of carbonyl (C=O) groups excluding carboxylic acids is 2. The van der Waals surface area contributed by atoms with Crippen molar-refractivity contribution in [3.63, 3.8) is 0 Å². The zero-order valence-electron chi connectivity index (χ0n) is 15.8. The smallest absolute Gasteiger partial charge is 0.243 e. The van der Waals surface area contributed by atoms with Crippen LogP contribution in [0.5, 0.6) is 5.75 Å². The molecule has 2 amide bonds. The van der Waals surface area contributed by atoms with Crippen molar-refractivity contribution in [3.05, 3.63) is 59.7 Å². The minimum Gasteiger partial charge on any atom is -0.497 e. The van der Waals surface area contributed by atoms with Crippen LogP contribution in [-0.4, -0.2) is 25.5 Å². The number of hydrogen-bond acceptors (Lipinski definition) is 3. The normalized spacial score (nSPS) is 10.9. The highest BCUT2D eigenvalue weighted by Gasteiger charge is 2.18. The maximum absolute atomic E-state index is 12.2. The SMILES string of the molecule is COc1ccc(CC(=O)NCC(=O)Nc2ccccc2C(C)(C)C)cc1. The van der Waals surface area contributed by atoms with E-state index in [1.165, 1.54) is 0 Å². The van der Waals surface area contributed by atoms with E-state index in [9.17, 15) is 9.59 Å². The lowest BCUT2D eigenvalue weighted by Crippen LogP contribution is -2.34. The third-order valence-electron chi connectivity index (χ3n) is 3.98. The van der Waals surface area contributed by atoms with E-state index in [2.05, 4.69) is 31.4 Å². The number of anilines is 1. The predicted octanol–water partition coefficient (Wildman–Crippen LogP) is 3.29. The topological polar surface area (TPSA) is 67.4 Å². The standard InChI is InChI=1S/C21H26N2O3/c1-21(2,3)17-7-5-6-8-18(17)23-20(25)14-22-19(24)13-15-9-11-16(26-4)12-10-15/h5-12H,13-14H2,1-4H3,(H,22,24)(H,23,25). The highest BCUT2D eigenvalue weighted by molar-refractivity contribution is 5.95. The van der Waals surface area contributed by atoms with E-state index < -0.39 is 0 Å². The zero-order valence-corrected chi connectivity index (χ0v) is 15.8. The number of amides is 2. The molecule has 0 atom stereocenters. The number of para-hydroxylation sites is 1.